The van der Waals surface area contributed by atoms with Gasteiger partial charge in [0.1, 0.15) is 17.3 Å². The third-order valence-corrected chi connectivity index (χ3v) is 6.32. The van der Waals surface area contributed by atoms with Crippen LogP contribution in [0.5, 0.6) is 5.75 Å². The summed E-state index contributed by atoms with van der Waals surface area (Å²) in [4.78, 5) is 30.6. The van der Waals surface area contributed by atoms with Crippen molar-refractivity contribution in [2.45, 2.75) is 33.6 Å². The van der Waals surface area contributed by atoms with E-state index in [1.807, 2.05) is 31.2 Å². The monoisotopic (exact) mass is 450 g/mol. The van der Waals surface area contributed by atoms with Gasteiger partial charge in [-0.05, 0) is 67.0 Å². The average Bonchev–Trinajstić information content (AvgIpc) is 3.03. The minimum absolute atomic E-state index is 0.243. The Morgan fingerprint density at radius 2 is 1.58 bits per heavy atom. The largest absolute Gasteiger partial charge is 0.494 e. The van der Waals surface area contributed by atoms with Crippen LogP contribution in [0.4, 0.5) is 4.39 Å². The Morgan fingerprint density at radius 3 is 2.18 bits per heavy atom. The van der Waals surface area contributed by atoms with Gasteiger partial charge in [0.2, 0.25) is 0 Å². The summed E-state index contributed by atoms with van der Waals surface area (Å²) < 4.78 is 18.8. The third kappa shape index (κ3) is 4.95. The number of ether oxygens (including phenoxy) is 1. The molecule has 1 fully saturated rings. The quantitative estimate of drug-likeness (QED) is 0.582. The smallest absolute Gasteiger partial charge is 0.277 e. The Balaban J connectivity index is 1.65. The molecule has 2 aromatic rings. The van der Waals surface area contributed by atoms with Crippen molar-refractivity contribution in [3.8, 4) is 5.75 Å². The van der Waals surface area contributed by atoms with Gasteiger partial charge < -0.3 is 9.64 Å². The molecule has 2 aliphatic rings. The molecule has 4 rings (SSSR count). The standard InChI is InChI=1S/C27H31FN2O3/c1-4-33-23-11-7-21(8-12-23)24-25(29-16-18(2)15-19(3)17-29)27(32)30(26(24)31)14-13-20-5-9-22(28)10-6-20/h5-12,18-19H,4,13-17H2,1-3H3. The molecule has 6 heteroatoms. The van der Waals surface area contributed by atoms with Crippen molar-refractivity contribution >= 4 is 17.4 Å². The summed E-state index contributed by atoms with van der Waals surface area (Å²) in [7, 11) is 0. The highest BCUT2D eigenvalue weighted by atomic mass is 19.1. The van der Waals surface area contributed by atoms with E-state index in [1.54, 1.807) is 12.1 Å². The van der Waals surface area contributed by atoms with E-state index in [2.05, 4.69) is 18.7 Å². The van der Waals surface area contributed by atoms with Crippen LogP contribution in [-0.4, -0.2) is 47.9 Å². The zero-order chi connectivity index (χ0) is 23.5. The highest BCUT2D eigenvalue weighted by molar-refractivity contribution is 6.35. The van der Waals surface area contributed by atoms with Crippen molar-refractivity contribution < 1.29 is 18.7 Å². The van der Waals surface area contributed by atoms with Gasteiger partial charge in [-0.3, -0.25) is 14.5 Å². The molecule has 33 heavy (non-hydrogen) atoms. The van der Waals surface area contributed by atoms with Crippen LogP contribution in [0.2, 0.25) is 0 Å². The minimum Gasteiger partial charge on any atom is -0.494 e. The summed E-state index contributed by atoms with van der Waals surface area (Å²) >= 11 is 0. The molecule has 2 heterocycles. The van der Waals surface area contributed by atoms with Gasteiger partial charge in [0.15, 0.2) is 0 Å². The number of nitrogens with zero attached hydrogens (tertiary/aromatic N) is 2. The summed E-state index contributed by atoms with van der Waals surface area (Å²) in [6.07, 6.45) is 1.59. The maximum atomic E-state index is 13.6. The summed E-state index contributed by atoms with van der Waals surface area (Å²) in [5.41, 5.74) is 2.57. The Morgan fingerprint density at radius 1 is 0.939 bits per heavy atom. The first-order valence-corrected chi connectivity index (χ1v) is 11.7. The van der Waals surface area contributed by atoms with Crippen LogP contribution < -0.4 is 4.74 Å². The highest BCUT2D eigenvalue weighted by Crippen LogP contribution is 2.35. The second-order valence-electron chi connectivity index (χ2n) is 9.17. The molecule has 0 aromatic heterocycles. The Kier molecular flexibility index (Phi) is 6.82. The highest BCUT2D eigenvalue weighted by Gasteiger charge is 2.42. The lowest BCUT2D eigenvalue weighted by Crippen LogP contribution is -2.42. The van der Waals surface area contributed by atoms with E-state index >= 15 is 0 Å². The fourth-order valence-electron chi connectivity index (χ4n) is 4.94. The van der Waals surface area contributed by atoms with Crippen LogP contribution in [0.15, 0.2) is 54.2 Å². The molecule has 174 valence electrons. The van der Waals surface area contributed by atoms with Crippen molar-refractivity contribution in [3.63, 3.8) is 0 Å². The minimum atomic E-state index is -0.304. The molecule has 1 saturated heterocycles. The predicted molar refractivity (Wildman–Crippen MR) is 126 cm³/mol. The van der Waals surface area contributed by atoms with E-state index in [4.69, 9.17) is 4.74 Å². The fourth-order valence-corrected chi connectivity index (χ4v) is 4.94. The van der Waals surface area contributed by atoms with Gasteiger partial charge in [-0.1, -0.05) is 38.1 Å². The van der Waals surface area contributed by atoms with E-state index in [0.29, 0.717) is 36.1 Å². The van der Waals surface area contributed by atoms with E-state index in [1.165, 1.54) is 17.0 Å². The summed E-state index contributed by atoms with van der Waals surface area (Å²) in [6.45, 7) is 8.62. The number of amides is 2. The van der Waals surface area contributed by atoms with Gasteiger partial charge in [-0.25, -0.2) is 4.39 Å². The fraction of sp³-hybridized carbons (Fsp3) is 0.407. The molecule has 0 saturated carbocycles. The average molecular weight is 451 g/mol. The Bertz CT molecular complexity index is 1040. The predicted octanol–water partition coefficient (Wildman–Crippen LogP) is 4.52. The second-order valence-corrected chi connectivity index (χ2v) is 9.17. The number of carbonyl (C=O) groups is 2. The molecule has 0 radical (unpaired) electrons. The van der Waals surface area contributed by atoms with Crippen molar-refractivity contribution in [3.05, 3.63) is 71.2 Å². The number of carbonyl (C=O) groups excluding carboxylic acids is 2. The SMILES string of the molecule is CCOc1ccc(C2=C(N3CC(C)CC(C)C3)C(=O)N(CCc3ccc(F)cc3)C2=O)cc1. The van der Waals surface area contributed by atoms with E-state index in [-0.39, 0.29) is 24.2 Å². The number of rotatable bonds is 7. The van der Waals surface area contributed by atoms with Crippen LogP contribution in [0, 0.1) is 17.7 Å². The van der Waals surface area contributed by atoms with Gasteiger partial charge in [0.05, 0.1) is 12.2 Å². The lowest BCUT2D eigenvalue weighted by Gasteiger charge is -2.37. The number of hydrogen-bond acceptors (Lipinski definition) is 4. The Hall–Kier alpha value is -3.15. The van der Waals surface area contributed by atoms with Crippen LogP contribution in [0.3, 0.4) is 0 Å². The maximum Gasteiger partial charge on any atom is 0.277 e. The number of hydrogen-bond donors (Lipinski definition) is 0. The third-order valence-electron chi connectivity index (χ3n) is 6.32. The van der Waals surface area contributed by atoms with Crippen molar-refractivity contribution in [1.29, 1.82) is 0 Å². The second kappa shape index (κ2) is 9.77. The van der Waals surface area contributed by atoms with Crippen LogP contribution in [-0.2, 0) is 16.0 Å². The zero-order valence-electron chi connectivity index (χ0n) is 19.5. The molecule has 0 bridgehead atoms. The molecule has 5 nitrogen and oxygen atoms in total. The van der Waals surface area contributed by atoms with Gasteiger partial charge in [-0.15, -0.1) is 0 Å². The first kappa shape index (κ1) is 23.0. The van der Waals surface area contributed by atoms with Gasteiger partial charge in [-0.2, -0.15) is 0 Å². The van der Waals surface area contributed by atoms with Gasteiger partial charge >= 0.3 is 0 Å². The van der Waals surface area contributed by atoms with Crippen molar-refractivity contribution in [1.82, 2.24) is 9.80 Å². The van der Waals surface area contributed by atoms with Crippen LogP contribution in [0.25, 0.3) is 5.57 Å². The first-order valence-electron chi connectivity index (χ1n) is 11.7. The topological polar surface area (TPSA) is 49.9 Å². The van der Waals surface area contributed by atoms with Gasteiger partial charge in [0, 0.05) is 19.6 Å². The number of halogens is 1. The molecule has 2 aromatic carbocycles. The van der Waals surface area contributed by atoms with E-state index < -0.39 is 0 Å². The van der Waals surface area contributed by atoms with E-state index in [9.17, 15) is 14.0 Å². The summed E-state index contributed by atoms with van der Waals surface area (Å²) in [5.74, 6) is 0.799. The van der Waals surface area contributed by atoms with Crippen molar-refractivity contribution in [2.24, 2.45) is 11.8 Å². The summed E-state index contributed by atoms with van der Waals surface area (Å²) in [6, 6.07) is 13.6. The number of piperidine rings is 1. The molecule has 0 aliphatic carbocycles. The molecule has 2 amide bonds. The molecule has 0 N–H and O–H groups in total. The van der Waals surface area contributed by atoms with Gasteiger partial charge in [0.25, 0.3) is 11.8 Å². The molecule has 0 spiro atoms. The molecular formula is C27H31FN2O3. The number of imide groups is 1. The normalized spacial score (nSPS) is 21.2. The van der Waals surface area contributed by atoms with E-state index in [0.717, 1.165) is 36.4 Å². The molecule has 2 atom stereocenters. The molecule has 2 aliphatic heterocycles. The van der Waals surface area contributed by atoms with Crippen molar-refractivity contribution in [2.75, 3.05) is 26.2 Å². The zero-order valence-corrected chi connectivity index (χ0v) is 19.5. The molecular weight excluding hydrogens is 419 g/mol. The van der Waals surface area contributed by atoms with Crippen LogP contribution in [0.1, 0.15) is 38.3 Å². The first-order chi connectivity index (χ1) is 15.9. The van der Waals surface area contributed by atoms with Crippen LogP contribution >= 0.6 is 0 Å². The number of likely N-dealkylation sites (tertiary alicyclic amines) is 1. The Labute approximate surface area is 194 Å². The molecule has 2 unspecified atom stereocenters. The summed E-state index contributed by atoms with van der Waals surface area (Å²) in [5, 5.41) is 0. The lowest BCUT2D eigenvalue weighted by molar-refractivity contribution is -0.137. The maximum absolute atomic E-state index is 13.6. The lowest BCUT2D eigenvalue weighted by atomic mass is 9.91. The number of benzene rings is 2.